The first kappa shape index (κ1) is 17.7. The van der Waals surface area contributed by atoms with Gasteiger partial charge < -0.3 is 14.2 Å². The second-order valence-electron chi connectivity index (χ2n) is 4.62. The molecule has 0 aliphatic carbocycles. The highest BCUT2D eigenvalue weighted by molar-refractivity contribution is 6.01. The van der Waals surface area contributed by atoms with Gasteiger partial charge in [0.2, 0.25) is 0 Å². The summed E-state index contributed by atoms with van der Waals surface area (Å²) in [5.74, 6) is -0.0486. The summed E-state index contributed by atoms with van der Waals surface area (Å²) >= 11 is 0. The van der Waals surface area contributed by atoms with E-state index in [-0.39, 0.29) is 5.75 Å². The number of carbonyl (C=O) groups excluding carboxylic acids is 3. The first-order valence-corrected chi connectivity index (χ1v) is 7.18. The van der Waals surface area contributed by atoms with Crippen molar-refractivity contribution in [1.29, 1.82) is 0 Å². The lowest BCUT2D eigenvalue weighted by Gasteiger charge is -2.07. The highest BCUT2D eigenvalue weighted by Crippen LogP contribution is 2.23. The first-order valence-electron chi connectivity index (χ1n) is 7.18. The molecule has 0 saturated heterocycles. The lowest BCUT2D eigenvalue weighted by Crippen LogP contribution is -2.31. The Morgan fingerprint density at radius 1 is 0.840 bits per heavy atom. The number of esters is 1. The average molecular weight is 341 g/mol. The number of benzene rings is 2. The van der Waals surface area contributed by atoms with Crippen molar-refractivity contribution in [3.05, 3.63) is 66.7 Å². The van der Waals surface area contributed by atoms with Crippen LogP contribution in [-0.2, 0) is 14.3 Å². The van der Waals surface area contributed by atoms with Crippen molar-refractivity contribution in [2.24, 2.45) is 0 Å². The van der Waals surface area contributed by atoms with E-state index in [1.165, 1.54) is 19.2 Å². The number of methoxy groups -OCH3 is 1. The Balaban J connectivity index is 1.86. The van der Waals surface area contributed by atoms with Gasteiger partial charge in [0.1, 0.15) is 17.2 Å². The Bertz CT molecular complexity index is 768. The van der Waals surface area contributed by atoms with Crippen LogP contribution in [0.25, 0.3) is 0 Å². The SMILES string of the molecule is COC(=O)/C=C/C(=O)NC(=O)Oc1ccc(Oc2ccccc2)cc1. The number of amides is 2. The molecule has 128 valence electrons. The third-order valence-electron chi connectivity index (χ3n) is 2.81. The van der Waals surface area contributed by atoms with E-state index in [4.69, 9.17) is 9.47 Å². The summed E-state index contributed by atoms with van der Waals surface area (Å²) in [5, 5.41) is 1.94. The number of carbonyl (C=O) groups is 3. The van der Waals surface area contributed by atoms with E-state index in [1.54, 1.807) is 12.1 Å². The van der Waals surface area contributed by atoms with Gasteiger partial charge in [-0.05, 0) is 36.4 Å². The fourth-order valence-corrected chi connectivity index (χ4v) is 1.69. The zero-order valence-corrected chi connectivity index (χ0v) is 13.3. The van der Waals surface area contributed by atoms with Crippen LogP contribution in [0.15, 0.2) is 66.7 Å². The molecule has 0 aliphatic rings. The number of para-hydroxylation sites is 1. The molecule has 2 amide bonds. The lowest BCUT2D eigenvalue weighted by molar-refractivity contribution is -0.135. The first-order chi connectivity index (χ1) is 12.1. The summed E-state index contributed by atoms with van der Waals surface area (Å²) in [6.45, 7) is 0. The molecule has 0 fully saturated rings. The van der Waals surface area contributed by atoms with Crippen LogP contribution in [0.4, 0.5) is 4.79 Å². The molecule has 0 atom stereocenters. The van der Waals surface area contributed by atoms with Gasteiger partial charge in [-0.25, -0.2) is 9.59 Å². The van der Waals surface area contributed by atoms with Crippen LogP contribution >= 0.6 is 0 Å². The van der Waals surface area contributed by atoms with Crippen LogP contribution in [0, 0.1) is 0 Å². The summed E-state index contributed by atoms with van der Waals surface area (Å²) in [5.41, 5.74) is 0. The molecule has 0 heterocycles. The minimum Gasteiger partial charge on any atom is -0.466 e. The van der Waals surface area contributed by atoms with Gasteiger partial charge in [-0.2, -0.15) is 0 Å². The monoisotopic (exact) mass is 341 g/mol. The minimum atomic E-state index is -0.976. The third-order valence-corrected chi connectivity index (χ3v) is 2.81. The van der Waals surface area contributed by atoms with Crippen molar-refractivity contribution in [2.75, 3.05) is 7.11 Å². The molecule has 0 saturated carbocycles. The predicted octanol–water partition coefficient (Wildman–Crippen LogP) is 2.82. The van der Waals surface area contributed by atoms with Gasteiger partial charge in [-0.1, -0.05) is 18.2 Å². The molecule has 1 N–H and O–H groups in total. The summed E-state index contributed by atoms with van der Waals surface area (Å²) in [6, 6.07) is 15.5. The van der Waals surface area contributed by atoms with Crippen LogP contribution in [0.1, 0.15) is 0 Å². The molecule has 0 aliphatic heterocycles. The van der Waals surface area contributed by atoms with Gasteiger partial charge in [0.15, 0.2) is 0 Å². The Kier molecular flexibility index (Phi) is 6.30. The third kappa shape index (κ3) is 6.19. The number of hydrogen-bond acceptors (Lipinski definition) is 6. The lowest BCUT2D eigenvalue weighted by atomic mass is 10.3. The number of imide groups is 1. The maximum absolute atomic E-state index is 11.6. The van der Waals surface area contributed by atoms with Crippen LogP contribution in [0.5, 0.6) is 17.2 Å². The zero-order chi connectivity index (χ0) is 18.1. The number of hydrogen-bond donors (Lipinski definition) is 1. The summed E-state index contributed by atoms with van der Waals surface area (Å²) < 4.78 is 14.9. The fraction of sp³-hybridized carbons (Fsp3) is 0.0556. The summed E-state index contributed by atoms with van der Waals surface area (Å²) in [4.78, 5) is 33.8. The maximum Gasteiger partial charge on any atom is 0.419 e. The fourth-order valence-electron chi connectivity index (χ4n) is 1.69. The van der Waals surface area contributed by atoms with Gasteiger partial charge >= 0.3 is 12.1 Å². The van der Waals surface area contributed by atoms with Crippen molar-refractivity contribution < 1.29 is 28.6 Å². The molecule has 0 unspecified atom stereocenters. The molecule has 0 bridgehead atoms. The Morgan fingerprint density at radius 2 is 1.44 bits per heavy atom. The molecule has 7 heteroatoms. The molecule has 2 aromatic carbocycles. The minimum absolute atomic E-state index is 0.225. The van der Waals surface area contributed by atoms with E-state index < -0.39 is 18.0 Å². The second kappa shape index (κ2) is 8.88. The Labute approximate surface area is 143 Å². The van der Waals surface area contributed by atoms with Crippen LogP contribution < -0.4 is 14.8 Å². The van der Waals surface area contributed by atoms with E-state index in [0.717, 1.165) is 12.2 Å². The van der Waals surface area contributed by atoms with E-state index >= 15 is 0 Å². The standard InChI is InChI=1S/C18H15NO6/c1-23-17(21)12-11-16(20)19-18(22)25-15-9-7-14(8-10-15)24-13-5-3-2-4-6-13/h2-12H,1H3,(H,19,20,22)/b12-11+. The van der Waals surface area contributed by atoms with Crippen LogP contribution in [0.2, 0.25) is 0 Å². The van der Waals surface area contributed by atoms with E-state index in [1.807, 2.05) is 35.6 Å². The van der Waals surface area contributed by atoms with E-state index in [2.05, 4.69) is 4.74 Å². The van der Waals surface area contributed by atoms with Crippen molar-refractivity contribution in [3.8, 4) is 17.2 Å². The number of rotatable bonds is 5. The molecule has 25 heavy (non-hydrogen) atoms. The molecular weight excluding hydrogens is 326 g/mol. The molecular formula is C18H15NO6. The predicted molar refractivity (Wildman–Crippen MR) is 88.3 cm³/mol. The van der Waals surface area contributed by atoms with Crippen molar-refractivity contribution in [1.82, 2.24) is 5.32 Å². The Hall–Kier alpha value is -3.61. The van der Waals surface area contributed by atoms with Crippen molar-refractivity contribution >= 4 is 18.0 Å². The molecule has 2 aromatic rings. The highest BCUT2D eigenvalue weighted by Gasteiger charge is 2.08. The topological polar surface area (TPSA) is 90.9 Å². The van der Waals surface area contributed by atoms with Gasteiger partial charge in [-0.3, -0.25) is 10.1 Å². The van der Waals surface area contributed by atoms with Gasteiger partial charge in [0.05, 0.1) is 7.11 Å². The maximum atomic E-state index is 11.6. The molecule has 7 nitrogen and oxygen atoms in total. The van der Waals surface area contributed by atoms with E-state index in [0.29, 0.717) is 11.5 Å². The average Bonchev–Trinajstić information content (AvgIpc) is 2.62. The van der Waals surface area contributed by atoms with Crippen molar-refractivity contribution in [2.45, 2.75) is 0 Å². The molecule has 0 radical (unpaired) electrons. The molecule has 0 aromatic heterocycles. The van der Waals surface area contributed by atoms with Crippen LogP contribution in [0.3, 0.4) is 0 Å². The summed E-state index contributed by atoms with van der Waals surface area (Å²) in [6.07, 6.45) is 0.777. The second-order valence-corrected chi connectivity index (χ2v) is 4.62. The Morgan fingerprint density at radius 3 is 2.08 bits per heavy atom. The van der Waals surface area contributed by atoms with Gasteiger partial charge in [0, 0.05) is 12.2 Å². The van der Waals surface area contributed by atoms with Gasteiger partial charge in [0.25, 0.3) is 5.91 Å². The number of nitrogens with one attached hydrogen (secondary N) is 1. The largest absolute Gasteiger partial charge is 0.466 e. The van der Waals surface area contributed by atoms with Gasteiger partial charge in [-0.15, -0.1) is 0 Å². The van der Waals surface area contributed by atoms with E-state index in [9.17, 15) is 14.4 Å². The normalized spacial score (nSPS) is 10.1. The molecule has 0 spiro atoms. The quantitative estimate of drug-likeness (QED) is 0.664. The zero-order valence-electron chi connectivity index (χ0n) is 13.3. The highest BCUT2D eigenvalue weighted by atomic mass is 16.6. The van der Waals surface area contributed by atoms with Crippen molar-refractivity contribution in [3.63, 3.8) is 0 Å². The number of ether oxygens (including phenoxy) is 3. The van der Waals surface area contributed by atoms with Crippen LogP contribution in [-0.4, -0.2) is 25.1 Å². The smallest absolute Gasteiger partial charge is 0.419 e. The summed E-state index contributed by atoms with van der Waals surface area (Å²) in [7, 11) is 1.17. The molecule has 2 rings (SSSR count).